The molecule has 1 aliphatic heterocycles. The maximum Gasteiger partial charge on any atom is 0.410 e. The van der Waals surface area contributed by atoms with E-state index in [4.69, 9.17) is 10.5 Å². The van der Waals surface area contributed by atoms with Gasteiger partial charge in [-0.1, -0.05) is 19.8 Å². The topological polar surface area (TPSA) is 75.8 Å². The van der Waals surface area contributed by atoms with Gasteiger partial charge in [0, 0.05) is 12.1 Å². The number of nitrogens with two attached hydrogens (primary N) is 1. The summed E-state index contributed by atoms with van der Waals surface area (Å²) in [4.78, 5) is 13.7. The van der Waals surface area contributed by atoms with Gasteiger partial charge >= 0.3 is 6.09 Å². The summed E-state index contributed by atoms with van der Waals surface area (Å²) in [5.41, 5.74) is 4.46. The minimum Gasteiger partial charge on any atom is -0.444 e. The van der Waals surface area contributed by atoms with Crippen molar-refractivity contribution in [3.05, 3.63) is 0 Å². The zero-order valence-electron chi connectivity index (χ0n) is 13.8. The molecule has 3 atom stereocenters. The van der Waals surface area contributed by atoms with Crippen molar-refractivity contribution in [1.82, 2.24) is 4.90 Å². The number of carbonyl (C=O) groups excluding carboxylic acids is 1. The molecule has 2 rings (SSSR count). The van der Waals surface area contributed by atoms with E-state index in [1.165, 1.54) is 6.42 Å². The molecule has 1 heterocycles. The molecular formula is C16H30N2O3. The van der Waals surface area contributed by atoms with E-state index in [0.717, 1.165) is 19.3 Å². The van der Waals surface area contributed by atoms with Gasteiger partial charge in [-0.25, -0.2) is 4.79 Å². The van der Waals surface area contributed by atoms with Crippen molar-refractivity contribution in [3.63, 3.8) is 0 Å². The van der Waals surface area contributed by atoms with Crippen LogP contribution in [0.3, 0.4) is 0 Å². The molecule has 3 N–H and O–H groups in total. The SMILES string of the molecule is CC1CCCC(N)(C2(O)CCN(C(=O)OC(C)(C)C)C2)C1. The van der Waals surface area contributed by atoms with Crippen molar-refractivity contribution >= 4 is 6.09 Å². The summed E-state index contributed by atoms with van der Waals surface area (Å²) in [6.45, 7) is 8.52. The Morgan fingerprint density at radius 1 is 1.38 bits per heavy atom. The largest absolute Gasteiger partial charge is 0.444 e. The Bertz CT molecular complexity index is 407. The highest BCUT2D eigenvalue weighted by molar-refractivity contribution is 5.68. The fourth-order valence-electron chi connectivity index (χ4n) is 3.70. The molecule has 5 nitrogen and oxygen atoms in total. The van der Waals surface area contributed by atoms with Crippen LogP contribution in [-0.4, -0.2) is 45.9 Å². The van der Waals surface area contributed by atoms with Gasteiger partial charge in [0.05, 0.1) is 6.54 Å². The molecule has 1 saturated carbocycles. The second-order valence-corrected chi connectivity index (χ2v) is 8.04. The first kappa shape index (κ1) is 16.6. The van der Waals surface area contributed by atoms with Crippen molar-refractivity contribution in [1.29, 1.82) is 0 Å². The van der Waals surface area contributed by atoms with Crippen LogP contribution in [0.5, 0.6) is 0 Å². The van der Waals surface area contributed by atoms with Gasteiger partial charge in [0.25, 0.3) is 0 Å². The van der Waals surface area contributed by atoms with E-state index in [0.29, 0.717) is 18.9 Å². The number of hydrogen-bond donors (Lipinski definition) is 2. The Balaban J connectivity index is 2.04. The lowest BCUT2D eigenvalue weighted by Crippen LogP contribution is -2.63. The van der Waals surface area contributed by atoms with Crippen molar-refractivity contribution in [3.8, 4) is 0 Å². The number of amides is 1. The van der Waals surface area contributed by atoms with E-state index in [1.54, 1.807) is 4.90 Å². The number of likely N-dealkylation sites (tertiary alicyclic amines) is 1. The minimum absolute atomic E-state index is 0.283. The molecule has 1 saturated heterocycles. The summed E-state index contributed by atoms with van der Waals surface area (Å²) in [6, 6.07) is 0. The highest BCUT2D eigenvalue weighted by Gasteiger charge is 2.53. The molecule has 0 radical (unpaired) electrons. The Hall–Kier alpha value is -0.810. The summed E-state index contributed by atoms with van der Waals surface area (Å²) in [6.07, 6.45) is 4.06. The second-order valence-electron chi connectivity index (χ2n) is 8.04. The van der Waals surface area contributed by atoms with E-state index in [-0.39, 0.29) is 12.6 Å². The third kappa shape index (κ3) is 3.51. The van der Waals surface area contributed by atoms with Gasteiger partial charge < -0.3 is 20.5 Å². The van der Waals surface area contributed by atoms with Gasteiger partial charge in [0.1, 0.15) is 11.2 Å². The number of rotatable bonds is 1. The number of nitrogens with zero attached hydrogens (tertiary/aromatic N) is 1. The Morgan fingerprint density at radius 3 is 2.62 bits per heavy atom. The number of aliphatic hydroxyl groups is 1. The number of hydrogen-bond acceptors (Lipinski definition) is 4. The Morgan fingerprint density at radius 2 is 2.05 bits per heavy atom. The van der Waals surface area contributed by atoms with Crippen LogP contribution >= 0.6 is 0 Å². The third-order valence-electron chi connectivity index (χ3n) is 4.86. The maximum atomic E-state index is 12.2. The zero-order valence-corrected chi connectivity index (χ0v) is 13.8. The van der Waals surface area contributed by atoms with Crippen molar-refractivity contribution in [2.24, 2.45) is 11.7 Å². The predicted octanol–water partition coefficient (Wildman–Crippen LogP) is 2.27. The molecule has 1 aliphatic carbocycles. The summed E-state index contributed by atoms with van der Waals surface area (Å²) in [5, 5.41) is 11.0. The fraction of sp³-hybridized carbons (Fsp3) is 0.938. The molecule has 0 aromatic heterocycles. The summed E-state index contributed by atoms with van der Waals surface area (Å²) >= 11 is 0. The van der Waals surface area contributed by atoms with Crippen LogP contribution in [-0.2, 0) is 4.74 Å². The lowest BCUT2D eigenvalue weighted by molar-refractivity contribution is -0.0518. The molecule has 2 fully saturated rings. The quantitative estimate of drug-likeness (QED) is 0.778. The van der Waals surface area contributed by atoms with Crippen LogP contribution in [0.4, 0.5) is 4.79 Å². The average molecular weight is 298 g/mol. The van der Waals surface area contributed by atoms with E-state index in [2.05, 4.69) is 6.92 Å². The van der Waals surface area contributed by atoms with E-state index in [1.807, 2.05) is 20.8 Å². The van der Waals surface area contributed by atoms with Crippen LogP contribution in [0.1, 0.15) is 59.8 Å². The van der Waals surface area contributed by atoms with Crippen LogP contribution < -0.4 is 5.73 Å². The molecule has 0 bridgehead atoms. The fourth-order valence-corrected chi connectivity index (χ4v) is 3.70. The van der Waals surface area contributed by atoms with Gasteiger partial charge in [0.2, 0.25) is 0 Å². The van der Waals surface area contributed by atoms with Gasteiger partial charge in [-0.2, -0.15) is 0 Å². The minimum atomic E-state index is -0.988. The highest BCUT2D eigenvalue weighted by atomic mass is 16.6. The normalized spacial score (nSPS) is 37.6. The first-order valence-electron chi connectivity index (χ1n) is 8.04. The maximum absolute atomic E-state index is 12.2. The van der Waals surface area contributed by atoms with Gasteiger partial charge in [-0.05, 0) is 46.0 Å². The molecular weight excluding hydrogens is 268 g/mol. The lowest BCUT2D eigenvalue weighted by Gasteiger charge is -2.46. The summed E-state index contributed by atoms with van der Waals surface area (Å²) in [5.74, 6) is 0.531. The summed E-state index contributed by atoms with van der Waals surface area (Å²) < 4.78 is 5.39. The molecule has 0 aromatic carbocycles. The smallest absolute Gasteiger partial charge is 0.410 e. The molecule has 3 unspecified atom stereocenters. The van der Waals surface area contributed by atoms with Crippen LogP contribution in [0, 0.1) is 5.92 Å². The van der Waals surface area contributed by atoms with Crippen molar-refractivity contribution in [2.45, 2.75) is 76.5 Å². The van der Waals surface area contributed by atoms with Gasteiger partial charge in [0.15, 0.2) is 0 Å². The Labute approximate surface area is 127 Å². The van der Waals surface area contributed by atoms with Crippen LogP contribution in [0.15, 0.2) is 0 Å². The third-order valence-corrected chi connectivity index (χ3v) is 4.86. The van der Waals surface area contributed by atoms with Gasteiger partial charge in [-0.15, -0.1) is 0 Å². The van der Waals surface area contributed by atoms with E-state index in [9.17, 15) is 9.90 Å². The monoisotopic (exact) mass is 298 g/mol. The number of ether oxygens (including phenoxy) is 1. The molecule has 2 aliphatic rings. The summed E-state index contributed by atoms with van der Waals surface area (Å²) in [7, 11) is 0. The molecule has 1 amide bonds. The zero-order chi connectivity index (χ0) is 15.9. The first-order valence-corrected chi connectivity index (χ1v) is 8.04. The molecule has 21 heavy (non-hydrogen) atoms. The van der Waals surface area contributed by atoms with Crippen molar-refractivity contribution < 1.29 is 14.6 Å². The average Bonchev–Trinajstić information content (AvgIpc) is 2.71. The first-order chi connectivity index (χ1) is 9.55. The number of β-amino-alcohol motifs (C(OH)–C–C–N with tert-alkyl or cyclic N) is 1. The molecule has 122 valence electrons. The molecule has 0 spiro atoms. The molecule has 5 heteroatoms. The Kier molecular flexibility index (Phi) is 4.28. The molecule has 0 aromatic rings. The van der Waals surface area contributed by atoms with Crippen LogP contribution in [0.2, 0.25) is 0 Å². The standard InChI is InChI=1S/C16H30N2O3/c1-12-6-5-7-15(17,10-12)16(20)8-9-18(11-16)13(19)21-14(2,3)4/h12,20H,5-11,17H2,1-4H3. The van der Waals surface area contributed by atoms with Gasteiger partial charge in [-0.3, -0.25) is 0 Å². The lowest BCUT2D eigenvalue weighted by atomic mass is 9.67. The predicted molar refractivity (Wildman–Crippen MR) is 81.9 cm³/mol. The second kappa shape index (κ2) is 5.43. The van der Waals surface area contributed by atoms with Crippen molar-refractivity contribution in [2.75, 3.05) is 13.1 Å². The van der Waals surface area contributed by atoms with E-state index < -0.39 is 16.7 Å². The highest BCUT2D eigenvalue weighted by Crippen LogP contribution is 2.42. The number of carbonyl (C=O) groups is 1. The van der Waals surface area contributed by atoms with E-state index >= 15 is 0 Å². The van der Waals surface area contributed by atoms with Crippen LogP contribution in [0.25, 0.3) is 0 Å².